The molecule has 0 spiro atoms. The van der Waals surface area contributed by atoms with E-state index < -0.39 is 32.0 Å². The van der Waals surface area contributed by atoms with Crippen LogP contribution < -0.4 is 9.47 Å². The predicted molar refractivity (Wildman–Crippen MR) is 134 cm³/mol. The minimum atomic E-state index is -4.39. The Morgan fingerprint density at radius 1 is 0.829 bits per heavy atom. The SMILES string of the molecule is CC[Si](C#CC[C@@H](O)COc1ccccc1OC[C@@H](O)Cc1ccc(C(F)(F)F)cc1)(CC)CC. The predicted octanol–water partition coefficient (Wildman–Crippen LogP) is 5.87. The fraction of sp³-hybridized carbons (Fsp3) is 0.481. The van der Waals surface area contributed by atoms with Crippen LogP contribution in [-0.4, -0.2) is 43.7 Å². The molecule has 0 aliphatic carbocycles. The quantitative estimate of drug-likeness (QED) is 0.278. The largest absolute Gasteiger partial charge is 0.487 e. The molecule has 2 aromatic carbocycles. The van der Waals surface area contributed by atoms with E-state index in [4.69, 9.17) is 9.47 Å². The second-order valence-electron chi connectivity index (χ2n) is 8.62. The Labute approximate surface area is 207 Å². The van der Waals surface area contributed by atoms with Crippen molar-refractivity contribution < 1.29 is 32.9 Å². The lowest BCUT2D eigenvalue weighted by atomic mass is 10.1. The maximum atomic E-state index is 12.7. The Morgan fingerprint density at radius 2 is 1.34 bits per heavy atom. The summed E-state index contributed by atoms with van der Waals surface area (Å²) < 4.78 is 49.5. The van der Waals surface area contributed by atoms with Gasteiger partial charge in [0.25, 0.3) is 0 Å². The Hall–Kier alpha value is -2.47. The second-order valence-corrected chi connectivity index (χ2v) is 13.6. The Morgan fingerprint density at radius 3 is 1.83 bits per heavy atom. The molecule has 0 aliphatic rings. The summed E-state index contributed by atoms with van der Waals surface area (Å²) in [6.45, 7) is 6.55. The first-order valence-corrected chi connectivity index (χ1v) is 14.6. The van der Waals surface area contributed by atoms with Crippen LogP contribution in [-0.2, 0) is 12.6 Å². The first-order chi connectivity index (χ1) is 16.6. The van der Waals surface area contributed by atoms with Gasteiger partial charge in [0.15, 0.2) is 11.5 Å². The van der Waals surface area contributed by atoms with E-state index in [1.165, 1.54) is 12.1 Å². The van der Waals surface area contributed by atoms with Gasteiger partial charge in [0.05, 0.1) is 17.8 Å². The average Bonchev–Trinajstić information content (AvgIpc) is 2.84. The van der Waals surface area contributed by atoms with E-state index in [9.17, 15) is 23.4 Å². The van der Waals surface area contributed by atoms with Gasteiger partial charge in [-0.15, -0.1) is 11.5 Å². The lowest BCUT2D eigenvalue weighted by Gasteiger charge is -2.20. The van der Waals surface area contributed by atoms with Gasteiger partial charge in [-0.3, -0.25) is 0 Å². The third-order valence-corrected chi connectivity index (χ3v) is 11.0. The highest BCUT2D eigenvalue weighted by atomic mass is 28.3. The molecule has 0 heterocycles. The number of ether oxygens (including phenoxy) is 2. The minimum absolute atomic E-state index is 0.0576. The van der Waals surface area contributed by atoms with Crippen LogP contribution in [0.4, 0.5) is 13.2 Å². The van der Waals surface area contributed by atoms with Crippen LogP contribution in [0.2, 0.25) is 18.1 Å². The molecule has 4 nitrogen and oxygen atoms in total. The fourth-order valence-electron chi connectivity index (χ4n) is 3.65. The van der Waals surface area contributed by atoms with Gasteiger partial charge in [-0.1, -0.05) is 45.0 Å². The van der Waals surface area contributed by atoms with E-state index in [2.05, 4.69) is 32.2 Å². The van der Waals surface area contributed by atoms with Crippen molar-refractivity contribution in [1.29, 1.82) is 0 Å². The zero-order chi connectivity index (χ0) is 25.9. The number of benzene rings is 2. The van der Waals surface area contributed by atoms with Gasteiger partial charge in [-0.25, -0.2) is 0 Å². The molecule has 8 heteroatoms. The summed E-state index contributed by atoms with van der Waals surface area (Å²) in [4.78, 5) is 0. The molecule has 0 aliphatic heterocycles. The number of alkyl halides is 3. The molecule has 0 radical (unpaired) electrons. The van der Waals surface area contributed by atoms with Crippen LogP contribution >= 0.6 is 0 Å². The highest BCUT2D eigenvalue weighted by molar-refractivity contribution is 6.87. The minimum Gasteiger partial charge on any atom is -0.487 e. The molecule has 2 atom stereocenters. The van der Waals surface area contributed by atoms with Crippen molar-refractivity contribution >= 4 is 8.07 Å². The molecule has 0 saturated carbocycles. The normalized spacial score (nSPS) is 13.5. The van der Waals surface area contributed by atoms with E-state index in [0.717, 1.165) is 30.3 Å². The molecule has 0 unspecified atom stereocenters. The molecule has 0 bridgehead atoms. The van der Waals surface area contributed by atoms with Crippen LogP contribution in [0.1, 0.15) is 38.3 Å². The lowest BCUT2D eigenvalue weighted by molar-refractivity contribution is -0.137. The van der Waals surface area contributed by atoms with Gasteiger partial charge >= 0.3 is 6.18 Å². The second kappa shape index (κ2) is 13.6. The van der Waals surface area contributed by atoms with Gasteiger partial charge in [0.2, 0.25) is 0 Å². The van der Waals surface area contributed by atoms with Gasteiger partial charge in [0.1, 0.15) is 21.3 Å². The summed E-state index contributed by atoms with van der Waals surface area (Å²) in [6.07, 6.45) is -5.56. The summed E-state index contributed by atoms with van der Waals surface area (Å²) in [5, 5.41) is 20.6. The Kier molecular flexibility index (Phi) is 11.2. The lowest BCUT2D eigenvalue weighted by Crippen LogP contribution is -2.29. The van der Waals surface area contributed by atoms with Crippen LogP contribution in [0.25, 0.3) is 0 Å². The summed E-state index contributed by atoms with van der Waals surface area (Å²) in [7, 11) is -1.55. The highest BCUT2D eigenvalue weighted by Gasteiger charge is 2.30. The van der Waals surface area contributed by atoms with Crippen molar-refractivity contribution in [3.8, 4) is 23.0 Å². The molecule has 2 N–H and O–H groups in total. The average molecular weight is 509 g/mol. The van der Waals surface area contributed by atoms with Crippen molar-refractivity contribution in [3.63, 3.8) is 0 Å². The number of hydrogen-bond donors (Lipinski definition) is 2. The van der Waals surface area contributed by atoms with Crippen molar-refractivity contribution in [2.24, 2.45) is 0 Å². The van der Waals surface area contributed by atoms with E-state index in [1.807, 2.05) is 0 Å². The van der Waals surface area contributed by atoms with Crippen molar-refractivity contribution in [2.45, 2.75) is 70.1 Å². The highest BCUT2D eigenvalue weighted by Crippen LogP contribution is 2.30. The summed E-state index contributed by atoms with van der Waals surface area (Å²) in [5.74, 6) is 4.00. The molecule has 2 rings (SSSR count). The molecule has 35 heavy (non-hydrogen) atoms. The van der Waals surface area contributed by atoms with Crippen LogP contribution in [0, 0.1) is 11.5 Å². The van der Waals surface area contributed by atoms with Crippen molar-refractivity contribution in [3.05, 3.63) is 59.7 Å². The Balaban J connectivity index is 1.87. The first kappa shape index (κ1) is 28.8. The van der Waals surface area contributed by atoms with Crippen LogP contribution in [0.15, 0.2) is 48.5 Å². The number of rotatable bonds is 12. The molecule has 0 fully saturated rings. The molecule has 0 saturated heterocycles. The number of hydrogen-bond acceptors (Lipinski definition) is 4. The number of aliphatic hydroxyl groups is 2. The van der Waals surface area contributed by atoms with Crippen molar-refractivity contribution in [1.82, 2.24) is 0 Å². The topological polar surface area (TPSA) is 58.9 Å². The monoisotopic (exact) mass is 508 g/mol. The summed E-state index contributed by atoms with van der Waals surface area (Å²) in [5.41, 5.74) is 3.30. The third-order valence-electron chi connectivity index (χ3n) is 6.19. The number of halogens is 3. The standard InChI is InChI=1S/C27H35F3O4Si/c1-4-35(5-2,6-3)17-9-10-23(31)19-33-25-11-7-8-12-26(25)34-20-24(32)18-21-13-15-22(16-14-21)27(28,29)30/h7-8,11-16,23-24,31-32H,4-6,10,18-20H2,1-3H3/t23-,24+/m1/s1. The summed E-state index contributed by atoms with van der Waals surface area (Å²) >= 11 is 0. The van der Waals surface area contributed by atoms with Crippen molar-refractivity contribution in [2.75, 3.05) is 13.2 Å². The zero-order valence-corrected chi connectivity index (χ0v) is 21.6. The van der Waals surface area contributed by atoms with Gasteiger partial charge < -0.3 is 19.7 Å². The van der Waals surface area contributed by atoms with Gasteiger partial charge in [-0.2, -0.15) is 13.2 Å². The Bertz CT molecular complexity index is 955. The smallest absolute Gasteiger partial charge is 0.416 e. The fourth-order valence-corrected chi connectivity index (χ4v) is 6.16. The maximum absolute atomic E-state index is 12.7. The summed E-state index contributed by atoms with van der Waals surface area (Å²) in [6, 6.07) is 14.9. The molecular formula is C27H35F3O4Si. The zero-order valence-electron chi connectivity index (χ0n) is 20.6. The first-order valence-electron chi connectivity index (χ1n) is 12.0. The van der Waals surface area contributed by atoms with Crippen LogP contribution in [0.3, 0.4) is 0 Å². The third kappa shape index (κ3) is 9.24. The molecule has 192 valence electrons. The van der Waals surface area contributed by atoms with Gasteiger partial charge in [0, 0.05) is 12.8 Å². The molecule has 2 aromatic rings. The number of para-hydroxylation sites is 2. The van der Waals surface area contributed by atoms with Crippen LogP contribution in [0.5, 0.6) is 11.5 Å². The van der Waals surface area contributed by atoms with Gasteiger partial charge in [-0.05, 0) is 48.0 Å². The molecule has 0 amide bonds. The van der Waals surface area contributed by atoms with E-state index in [1.54, 1.807) is 24.3 Å². The van der Waals surface area contributed by atoms with E-state index >= 15 is 0 Å². The number of aliphatic hydroxyl groups excluding tert-OH is 2. The molecular weight excluding hydrogens is 473 g/mol. The van der Waals surface area contributed by atoms with E-state index in [0.29, 0.717) is 23.5 Å². The maximum Gasteiger partial charge on any atom is 0.416 e. The van der Waals surface area contributed by atoms with E-state index in [-0.39, 0.29) is 19.6 Å². The molecule has 0 aromatic heterocycles.